The van der Waals surface area contributed by atoms with Crippen molar-refractivity contribution in [3.8, 4) is 0 Å². The summed E-state index contributed by atoms with van der Waals surface area (Å²) in [6.45, 7) is 2.22. The third kappa shape index (κ3) is 2.00. The second-order valence-corrected chi connectivity index (χ2v) is 3.90. The first kappa shape index (κ1) is 9.37. The van der Waals surface area contributed by atoms with Crippen molar-refractivity contribution >= 4 is 5.82 Å². The third-order valence-electron chi connectivity index (χ3n) is 2.59. The van der Waals surface area contributed by atoms with Crippen LogP contribution in [-0.4, -0.2) is 22.2 Å². The summed E-state index contributed by atoms with van der Waals surface area (Å²) in [5.41, 5.74) is -0.165. The lowest BCUT2D eigenvalue weighted by molar-refractivity contribution is 0.0783. The Bertz CT molecular complexity index is 323. The molecule has 3 nitrogen and oxygen atoms in total. The first-order chi connectivity index (χ1) is 6.68. The molecule has 0 unspecified atom stereocenters. The molecule has 0 saturated heterocycles. The van der Waals surface area contributed by atoms with Crippen molar-refractivity contribution < 1.29 is 4.39 Å². The van der Waals surface area contributed by atoms with Gasteiger partial charge in [0.1, 0.15) is 11.5 Å². The van der Waals surface area contributed by atoms with Crippen molar-refractivity contribution in [3.63, 3.8) is 0 Å². The first-order valence-corrected chi connectivity index (χ1v) is 4.89. The molecular weight excluding hydrogens is 181 g/mol. The molecule has 2 rings (SSSR count). The predicted octanol–water partition coefficient (Wildman–Crippen LogP) is 2.09. The van der Waals surface area contributed by atoms with Crippen LogP contribution in [0.25, 0.3) is 0 Å². The number of nitrogens with one attached hydrogen (secondary N) is 1. The second kappa shape index (κ2) is 3.52. The van der Waals surface area contributed by atoms with Gasteiger partial charge in [0, 0.05) is 6.20 Å². The minimum absolute atomic E-state index is 0.352. The number of halogens is 1. The molecule has 0 atom stereocenters. The molecular formula is C10H14FN3. The largest absolute Gasteiger partial charge is 0.366 e. The molecule has 1 aliphatic rings. The molecule has 1 saturated carbocycles. The Morgan fingerprint density at radius 3 is 2.86 bits per heavy atom. The van der Waals surface area contributed by atoms with Gasteiger partial charge in [0.15, 0.2) is 0 Å². The van der Waals surface area contributed by atoms with Gasteiger partial charge in [-0.1, -0.05) is 0 Å². The van der Waals surface area contributed by atoms with Gasteiger partial charge in [0.25, 0.3) is 0 Å². The number of hydrogen-bond donors (Lipinski definition) is 1. The van der Waals surface area contributed by atoms with Gasteiger partial charge in [0.2, 0.25) is 0 Å². The van der Waals surface area contributed by atoms with Crippen LogP contribution in [0.3, 0.4) is 0 Å². The minimum atomic E-state index is -1.01. The number of alkyl halides is 1. The van der Waals surface area contributed by atoms with Gasteiger partial charge >= 0.3 is 0 Å². The lowest BCUT2D eigenvalue weighted by atomic mass is 9.82. The van der Waals surface area contributed by atoms with Gasteiger partial charge in [-0.05, 0) is 26.2 Å². The molecule has 14 heavy (non-hydrogen) atoms. The summed E-state index contributed by atoms with van der Waals surface area (Å²) in [6, 6.07) is 0. The van der Waals surface area contributed by atoms with E-state index in [0.29, 0.717) is 25.2 Å². The van der Waals surface area contributed by atoms with Crippen molar-refractivity contribution in [3.05, 3.63) is 18.1 Å². The number of rotatable bonds is 3. The van der Waals surface area contributed by atoms with Crippen LogP contribution in [-0.2, 0) is 0 Å². The van der Waals surface area contributed by atoms with E-state index in [1.165, 1.54) is 0 Å². The van der Waals surface area contributed by atoms with Crippen LogP contribution in [0.5, 0.6) is 0 Å². The Morgan fingerprint density at radius 2 is 2.29 bits per heavy atom. The summed E-state index contributed by atoms with van der Waals surface area (Å²) in [6.07, 6.45) is 5.63. The molecule has 76 valence electrons. The third-order valence-corrected chi connectivity index (χ3v) is 2.59. The standard InChI is InChI=1S/C10H14FN3/c1-8-5-12-6-9(14-8)13-7-10(11)3-2-4-10/h5-6H,2-4,7H2,1H3,(H,13,14). The predicted molar refractivity (Wildman–Crippen MR) is 52.9 cm³/mol. The van der Waals surface area contributed by atoms with Gasteiger partial charge in [-0.2, -0.15) is 0 Å². The maximum Gasteiger partial charge on any atom is 0.144 e. The highest BCUT2D eigenvalue weighted by molar-refractivity contribution is 5.32. The molecule has 0 aromatic carbocycles. The van der Waals surface area contributed by atoms with E-state index in [4.69, 9.17) is 0 Å². The molecule has 0 bridgehead atoms. The zero-order valence-electron chi connectivity index (χ0n) is 8.26. The van der Waals surface area contributed by atoms with Crippen molar-refractivity contribution in [2.24, 2.45) is 0 Å². The van der Waals surface area contributed by atoms with E-state index in [1.807, 2.05) is 6.92 Å². The Morgan fingerprint density at radius 1 is 1.50 bits per heavy atom. The van der Waals surface area contributed by atoms with E-state index >= 15 is 0 Å². The summed E-state index contributed by atoms with van der Waals surface area (Å²) < 4.78 is 13.6. The van der Waals surface area contributed by atoms with Gasteiger partial charge in [-0.15, -0.1) is 0 Å². The van der Waals surface area contributed by atoms with Crippen LogP contribution in [0, 0.1) is 6.92 Å². The van der Waals surface area contributed by atoms with Crippen LogP contribution >= 0.6 is 0 Å². The van der Waals surface area contributed by atoms with Crippen LogP contribution in [0.15, 0.2) is 12.4 Å². The van der Waals surface area contributed by atoms with Crippen LogP contribution < -0.4 is 5.32 Å². The number of anilines is 1. The highest BCUT2D eigenvalue weighted by Gasteiger charge is 2.36. The fourth-order valence-corrected chi connectivity index (χ4v) is 1.53. The van der Waals surface area contributed by atoms with Gasteiger partial charge in [-0.25, -0.2) is 9.37 Å². The average Bonchev–Trinajstić information content (AvgIpc) is 2.12. The van der Waals surface area contributed by atoms with Crippen LogP contribution in [0.1, 0.15) is 25.0 Å². The Hall–Kier alpha value is -1.19. The molecule has 0 aliphatic heterocycles. The molecule has 1 aromatic rings. The van der Waals surface area contributed by atoms with Crippen molar-refractivity contribution in [2.45, 2.75) is 31.9 Å². The highest BCUT2D eigenvalue weighted by atomic mass is 19.1. The Labute approximate surface area is 82.8 Å². The number of nitrogens with zero attached hydrogens (tertiary/aromatic N) is 2. The fraction of sp³-hybridized carbons (Fsp3) is 0.600. The van der Waals surface area contributed by atoms with E-state index in [9.17, 15) is 4.39 Å². The van der Waals surface area contributed by atoms with Gasteiger partial charge in [0.05, 0.1) is 18.4 Å². The SMILES string of the molecule is Cc1cncc(NCC2(F)CCC2)n1. The van der Waals surface area contributed by atoms with Crippen molar-refractivity contribution in [2.75, 3.05) is 11.9 Å². The van der Waals surface area contributed by atoms with E-state index in [0.717, 1.165) is 12.1 Å². The molecule has 1 heterocycles. The van der Waals surface area contributed by atoms with Gasteiger partial charge in [-0.3, -0.25) is 4.98 Å². The van der Waals surface area contributed by atoms with Gasteiger partial charge < -0.3 is 5.32 Å². The monoisotopic (exact) mass is 195 g/mol. The zero-order valence-corrected chi connectivity index (χ0v) is 8.26. The molecule has 4 heteroatoms. The summed E-state index contributed by atoms with van der Waals surface area (Å²) in [5.74, 6) is 0.661. The number of aryl methyl sites for hydroxylation is 1. The van der Waals surface area contributed by atoms with E-state index in [-0.39, 0.29) is 0 Å². The van der Waals surface area contributed by atoms with E-state index in [1.54, 1.807) is 12.4 Å². The maximum atomic E-state index is 13.6. The topological polar surface area (TPSA) is 37.8 Å². The second-order valence-electron chi connectivity index (χ2n) is 3.90. The normalized spacial score (nSPS) is 18.7. The molecule has 0 amide bonds. The Kier molecular flexibility index (Phi) is 2.35. The summed E-state index contributed by atoms with van der Waals surface area (Å²) in [5, 5.41) is 2.98. The smallest absolute Gasteiger partial charge is 0.144 e. The van der Waals surface area contributed by atoms with E-state index < -0.39 is 5.67 Å². The molecule has 1 fully saturated rings. The quantitative estimate of drug-likeness (QED) is 0.802. The van der Waals surface area contributed by atoms with Crippen molar-refractivity contribution in [1.29, 1.82) is 0 Å². The molecule has 0 spiro atoms. The lowest BCUT2D eigenvalue weighted by Gasteiger charge is -2.33. The first-order valence-electron chi connectivity index (χ1n) is 4.89. The zero-order chi connectivity index (χ0) is 10.0. The maximum absolute atomic E-state index is 13.6. The summed E-state index contributed by atoms with van der Waals surface area (Å²) >= 11 is 0. The number of hydrogen-bond acceptors (Lipinski definition) is 3. The molecule has 0 radical (unpaired) electrons. The molecule has 1 N–H and O–H groups in total. The number of aromatic nitrogens is 2. The van der Waals surface area contributed by atoms with E-state index in [2.05, 4.69) is 15.3 Å². The average molecular weight is 195 g/mol. The van der Waals surface area contributed by atoms with Crippen LogP contribution in [0.4, 0.5) is 10.2 Å². The minimum Gasteiger partial charge on any atom is -0.366 e. The summed E-state index contributed by atoms with van der Waals surface area (Å²) in [4.78, 5) is 8.18. The van der Waals surface area contributed by atoms with Crippen LogP contribution in [0.2, 0.25) is 0 Å². The fourth-order valence-electron chi connectivity index (χ4n) is 1.53. The highest BCUT2D eigenvalue weighted by Crippen LogP contribution is 2.35. The molecule has 1 aromatic heterocycles. The molecule has 1 aliphatic carbocycles. The van der Waals surface area contributed by atoms with Crippen molar-refractivity contribution in [1.82, 2.24) is 9.97 Å². The Balaban J connectivity index is 1.91. The lowest BCUT2D eigenvalue weighted by Crippen LogP contribution is -2.39. The summed E-state index contributed by atoms with van der Waals surface area (Å²) in [7, 11) is 0.